The first-order chi connectivity index (χ1) is 9.15. The van der Waals surface area contributed by atoms with Gasteiger partial charge in [-0.2, -0.15) is 0 Å². The van der Waals surface area contributed by atoms with E-state index >= 15 is 0 Å². The van der Waals surface area contributed by atoms with Crippen LogP contribution in [0.1, 0.15) is 24.1 Å². The number of anilines is 2. The molecule has 2 aromatic carbocycles. The second-order valence-corrected chi connectivity index (χ2v) is 5.06. The van der Waals surface area contributed by atoms with Crippen LogP contribution in [0.25, 0.3) is 0 Å². The maximum absolute atomic E-state index is 13.4. The van der Waals surface area contributed by atoms with Crippen molar-refractivity contribution >= 4 is 11.4 Å². The molecule has 3 rings (SSSR count). The summed E-state index contributed by atoms with van der Waals surface area (Å²) < 4.78 is 13.4. The van der Waals surface area contributed by atoms with Gasteiger partial charge in [0.25, 0.3) is 0 Å². The third-order valence-corrected chi connectivity index (χ3v) is 3.84. The van der Waals surface area contributed by atoms with Gasteiger partial charge in [0.05, 0.1) is 6.04 Å². The molecule has 0 fully saturated rings. The first kappa shape index (κ1) is 12.0. The fourth-order valence-corrected chi connectivity index (χ4v) is 2.78. The highest BCUT2D eigenvalue weighted by atomic mass is 19.1. The molecule has 2 nitrogen and oxygen atoms in total. The summed E-state index contributed by atoms with van der Waals surface area (Å²) >= 11 is 0. The Bertz CT molecular complexity index is 609. The first-order valence-corrected chi connectivity index (χ1v) is 6.55. The van der Waals surface area contributed by atoms with Crippen LogP contribution in [0.4, 0.5) is 15.8 Å². The van der Waals surface area contributed by atoms with Gasteiger partial charge in [-0.05, 0) is 48.7 Å². The van der Waals surface area contributed by atoms with Crippen molar-refractivity contribution in [3.8, 4) is 0 Å². The Morgan fingerprint density at radius 3 is 2.84 bits per heavy atom. The van der Waals surface area contributed by atoms with E-state index in [1.807, 2.05) is 24.3 Å². The number of fused-ring (bicyclic) bond motifs is 1. The number of nitrogen functional groups attached to an aromatic ring is 1. The third kappa shape index (κ3) is 2.16. The average molecular weight is 256 g/mol. The Kier molecular flexibility index (Phi) is 2.90. The zero-order valence-electron chi connectivity index (χ0n) is 10.9. The highest BCUT2D eigenvalue weighted by Gasteiger charge is 2.24. The Labute approximate surface area is 112 Å². The molecule has 0 aliphatic carbocycles. The zero-order chi connectivity index (χ0) is 13.4. The van der Waals surface area contributed by atoms with E-state index in [1.165, 1.54) is 11.6 Å². The Hall–Kier alpha value is -2.03. The van der Waals surface area contributed by atoms with E-state index in [2.05, 4.69) is 17.9 Å². The number of nitrogens with zero attached hydrogens (tertiary/aromatic N) is 1. The first-order valence-electron chi connectivity index (χ1n) is 6.55. The second-order valence-electron chi connectivity index (χ2n) is 5.06. The highest BCUT2D eigenvalue weighted by molar-refractivity contribution is 5.60. The van der Waals surface area contributed by atoms with Crippen LogP contribution in [0.3, 0.4) is 0 Å². The number of hydrogen-bond donors (Lipinski definition) is 1. The smallest absolute Gasteiger partial charge is 0.125 e. The molecule has 98 valence electrons. The maximum Gasteiger partial charge on any atom is 0.125 e. The SMILES string of the molecule is CC(c1cccc(N)c1)N1CCc2ccc(F)cc21. The summed E-state index contributed by atoms with van der Waals surface area (Å²) in [5.74, 6) is -0.176. The number of benzene rings is 2. The Morgan fingerprint density at radius 1 is 1.21 bits per heavy atom. The molecule has 0 saturated carbocycles. The number of halogens is 1. The van der Waals surface area contributed by atoms with E-state index in [0.29, 0.717) is 0 Å². The molecule has 0 bridgehead atoms. The minimum atomic E-state index is -0.176. The molecule has 0 amide bonds. The van der Waals surface area contributed by atoms with Crippen LogP contribution in [-0.4, -0.2) is 6.54 Å². The summed E-state index contributed by atoms with van der Waals surface area (Å²) in [7, 11) is 0. The van der Waals surface area contributed by atoms with Crippen molar-refractivity contribution in [2.45, 2.75) is 19.4 Å². The van der Waals surface area contributed by atoms with Crippen molar-refractivity contribution in [3.63, 3.8) is 0 Å². The minimum Gasteiger partial charge on any atom is -0.399 e. The van der Waals surface area contributed by atoms with Gasteiger partial charge in [0, 0.05) is 17.9 Å². The van der Waals surface area contributed by atoms with Crippen LogP contribution in [0, 0.1) is 5.82 Å². The quantitative estimate of drug-likeness (QED) is 0.833. The van der Waals surface area contributed by atoms with Crippen LogP contribution in [0.5, 0.6) is 0 Å². The van der Waals surface area contributed by atoms with Crippen LogP contribution in [-0.2, 0) is 6.42 Å². The van der Waals surface area contributed by atoms with Crippen molar-refractivity contribution in [1.82, 2.24) is 0 Å². The average Bonchev–Trinajstić information content (AvgIpc) is 2.80. The third-order valence-electron chi connectivity index (χ3n) is 3.84. The molecular weight excluding hydrogens is 239 g/mol. The molecule has 1 unspecified atom stereocenters. The summed E-state index contributed by atoms with van der Waals surface area (Å²) in [5.41, 5.74) is 9.99. The summed E-state index contributed by atoms with van der Waals surface area (Å²) in [4.78, 5) is 2.24. The van der Waals surface area contributed by atoms with E-state index in [1.54, 1.807) is 6.07 Å². The molecule has 0 radical (unpaired) electrons. The normalized spacial score (nSPS) is 15.4. The van der Waals surface area contributed by atoms with E-state index in [0.717, 1.165) is 29.9 Å². The van der Waals surface area contributed by atoms with Crippen molar-refractivity contribution in [1.29, 1.82) is 0 Å². The molecular formula is C16H17FN2. The van der Waals surface area contributed by atoms with Gasteiger partial charge in [-0.3, -0.25) is 0 Å². The van der Waals surface area contributed by atoms with Crippen LogP contribution in [0.15, 0.2) is 42.5 Å². The van der Waals surface area contributed by atoms with Crippen molar-refractivity contribution in [2.24, 2.45) is 0 Å². The summed E-state index contributed by atoms with van der Waals surface area (Å²) in [6, 6.07) is 13.2. The van der Waals surface area contributed by atoms with Gasteiger partial charge in [0.15, 0.2) is 0 Å². The standard InChI is InChI=1S/C16H17FN2/c1-11(13-3-2-4-15(18)9-13)19-8-7-12-5-6-14(17)10-16(12)19/h2-6,9-11H,7-8,18H2,1H3. The molecule has 1 heterocycles. The van der Waals surface area contributed by atoms with Crippen molar-refractivity contribution in [3.05, 3.63) is 59.4 Å². The largest absolute Gasteiger partial charge is 0.399 e. The zero-order valence-corrected chi connectivity index (χ0v) is 10.9. The summed E-state index contributed by atoms with van der Waals surface area (Å²) in [5, 5.41) is 0. The summed E-state index contributed by atoms with van der Waals surface area (Å²) in [6.45, 7) is 3.06. The van der Waals surface area contributed by atoms with Crippen molar-refractivity contribution in [2.75, 3.05) is 17.2 Å². The Morgan fingerprint density at radius 2 is 2.05 bits per heavy atom. The lowest BCUT2D eigenvalue weighted by atomic mass is 10.1. The second kappa shape index (κ2) is 4.57. The summed E-state index contributed by atoms with van der Waals surface area (Å²) in [6.07, 6.45) is 0.974. The van der Waals surface area contributed by atoms with Crippen LogP contribution in [0.2, 0.25) is 0 Å². The van der Waals surface area contributed by atoms with E-state index in [9.17, 15) is 4.39 Å². The molecule has 1 aliphatic rings. The van der Waals surface area contributed by atoms with Gasteiger partial charge in [0.2, 0.25) is 0 Å². The maximum atomic E-state index is 13.4. The lowest BCUT2D eigenvalue weighted by molar-refractivity contribution is 0.625. The fourth-order valence-electron chi connectivity index (χ4n) is 2.78. The molecule has 1 aliphatic heterocycles. The lowest BCUT2D eigenvalue weighted by Gasteiger charge is -2.28. The predicted molar refractivity (Wildman–Crippen MR) is 76.7 cm³/mol. The topological polar surface area (TPSA) is 29.3 Å². The van der Waals surface area contributed by atoms with Gasteiger partial charge in [-0.15, -0.1) is 0 Å². The molecule has 19 heavy (non-hydrogen) atoms. The van der Waals surface area contributed by atoms with Gasteiger partial charge in [0.1, 0.15) is 5.82 Å². The van der Waals surface area contributed by atoms with Gasteiger partial charge < -0.3 is 10.6 Å². The highest BCUT2D eigenvalue weighted by Crippen LogP contribution is 2.35. The molecule has 2 N–H and O–H groups in total. The Balaban J connectivity index is 1.95. The van der Waals surface area contributed by atoms with Crippen LogP contribution >= 0.6 is 0 Å². The van der Waals surface area contributed by atoms with E-state index in [4.69, 9.17) is 5.73 Å². The van der Waals surface area contributed by atoms with Crippen molar-refractivity contribution < 1.29 is 4.39 Å². The molecule has 1 atom stereocenters. The fraction of sp³-hybridized carbons (Fsp3) is 0.250. The van der Waals surface area contributed by atoms with Gasteiger partial charge in [-0.1, -0.05) is 18.2 Å². The van der Waals surface area contributed by atoms with E-state index < -0.39 is 0 Å². The monoisotopic (exact) mass is 256 g/mol. The van der Waals surface area contributed by atoms with Gasteiger partial charge >= 0.3 is 0 Å². The minimum absolute atomic E-state index is 0.176. The lowest BCUT2D eigenvalue weighted by Crippen LogP contribution is -2.24. The molecule has 0 aromatic heterocycles. The molecule has 0 saturated heterocycles. The van der Waals surface area contributed by atoms with Crippen LogP contribution < -0.4 is 10.6 Å². The predicted octanol–water partition coefficient (Wildman–Crippen LogP) is 3.53. The van der Waals surface area contributed by atoms with E-state index in [-0.39, 0.29) is 11.9 Å². The number of rotatable bonds is 2. The number of hydrogen-bond acceptors (Lipinski definition) is 2. The van der Waals surface area contributed by atoms with Gasteiger partial charge in [-0.25, -0.2) is 4.39 Å². The number of nitrogens with two attached hydrogens (primary N) is 1. The molecule has 3 heteroatoms. The molecule has 2 aromatic rings. The molecule has 0 spiro atoms.